The lowest BCUT2D eigenvalue weighted by atomic mass is 10.1. The number of rotatable bonds is 8. The van der Waals surface area contributed by atoms with Gasteiger partial charge < -0.3 is 15.0 Å². The van der Waals surface area contributed by atoms with Gasteiger partial charge in [-0.15, -0.1) is 0 Å². The van der Waals surface area contributed by atoms with E-state index in [-0.39, 0.29) is 0 Å². The second-order valence-corrected chi connectivity index (χ2v) is 5.20. The van der Waals surface area contributed by atoms with Gasteiger partial charge in [-0.1, -0.05) is 13.3 Å². The Morgan fingerprint density at radius 2 is 2.00 bits per heavy atom. The second-order valence-electron chi connectivity index (χ2n) is 5.20. The second kappa shape index (κ2) is 9.86. The topological polar surface area (TPSA) is 24.5 Å². The molecule has 0 spiro atoms. The Bertz CT molecular complexity index is 176. The van der Waals surface area contributed by atoms with Gasteiger partial charge in [-0.2, -0.15) is 0 Å². The first kappa shape index (κ1) is 14.9. The molecule has 17 heavy (non-hydrogen) atoms. The fourth-order valence-corrected chi connectivity index (χ4v) is 2.27. The highest BCUT2D eigenvalue weighted by Crippen LogP contribution is 2.09. The summed E-state index contributed by atoms with van der Waals surface area (Å²) in [5.74, 6) is 0. The predicted molar refractivity (Wildman–Crippen MR) is 73.5 cm³/mol. The van der Waals surface area contributed by atoms with Crippen LogP contribution in [-0.2, 0) is 4.74 Å². The van der Waals surface area contributed by atoms with Gasteiger partial charge >= 0.3 is 0 Å². The minimum absolute atomic E-state index is 0.732. The van der Waals surface area contributed by atoms with Crippen LogP contribution in [0.1, 0.15) is 45.4 Å². The third kappa shape index (κ3) is 7.74. The molecule has 102 valence electrons. The Balaban J connectivity index is 1.91. The van der Waals surface area contributed by atoms with Crippen molar-refractivity contribution in [3.63, 3.8) is 0 Å². The lowest BCUT2D eigenvalue weighted by molar-refractivity contribution is 0.128. The van der Waals surface area contributed by atoms with Crippen molar-refractivity contribution < 1.29 is 4.74 Å². The van der Waals surface area contributed by atoms with Crippen molar-refractivity contribution in [1.29, 1.82) is 0 Å². The summed E-state index contributed by atoms with van der Waals surface area (Å²) in [6.45, 7) is 7.67. The largest absolute Gasteiger partial charge is 0.381 e. The summed E-state index contributed by atoms with van der Waals surface area (Å²) in [4.78, 5) is 2.44. The third-order valence-corrected chi connectivity index (χ3v) is 3.49. The highest BCUT2D eigenvalue weighted by molar-refractivity contribution is 4.73. The summed E-state index contributed by atoms with van der Waals surface area (Å²) in [5.41, 5.74) is 0. The zero-order chi connectivity index (χ0) is 12.3. The lowest BCUT2D eigenvalue weighted by Gasteiger charge is -2.16. The molecule has 1 heterocycles. The van der Waals surface area contributed by atoms with E-state index in [0.717, 1.165) is 32.2 Å². The SMILES string of the molecule is CCCCOCCCNC1CCCN(C)CC1. The van der Waals surface area contributed by atoms with Crippen LogP contribution in [-0.4, -0.2) is 50.8 Å². The van der Waals surface area contributed by atoms with E-state index in [1.165, 1.54) is 45.2 Å². The van der Waals surface area contributed by atoms with Crippen LogP contribution in [0.2, 0.25) is 0 Å². The van der Waals surface area contributed by atoms with Crippen molar-refractivity contribution in [2.45, 2.75) is 51.5 Å². The molecule has 0 saturated carbocycles. The number of hydrogen-bond donors (Lipinski definition) is 1. The van der Waals surface area contributed by atoms with Crippen LogP contribution in [0.25, 0.3) is 0 Å². The van der Waals surface area contributed by atoms with E-state index in [0.29, 0.717) is 0 Å². The lowest BCUT2D eigenvalue weighted by Crippen LogP contribution is -2.31. The molecule has 1 aliphatic heterocycles. The third-order valence-electron chi connectivity index (χ3n) is 3.49. The fourth-order valence-electron chi connectivity index (χ4n) is 2.27. The highest BCUT2D eigenvalue weighted by Gasteiger charge is 2.13. The van der Waals surface area contributed by atoms with Crippen molar-refractivity contribution in [3.8, 4) is 0 Å². The molecule has 1 N–H and O–H groups in total. The van der Waals surface area contributed by atoms with Gasteiger partial charge in [0.25, 0.3) is 0 Å². The number of likely N-dealkylation sites (tertiary alicyclic amines) is 1. The summed E-state index contributed by atoms with van der Waals surface area (Å²) in [6, 6.07) is 0.732. The van der Waals surface area contributed by atoms with E-state index in [1.54, 1.807) is 0 Å². The smallest absolute Gasteiger partial charge is 0.0478 e. The normalized spacial score (nSPS) is 22.6. The van der Waals surface area contributed by atoms with Crippen molar-refractivity contribution >= 4 is 0 Å². The van der Waals surface area contributed by atoms with Crippen LogP contribution in [0.4, 0.5) is 0 Å². The Kier molecular flexibility index (Phi) is 8.67. The van der Waals surface area contributed by atoms with Crippen LogP contribution >= 0.6 is 0 Å². The van der Waals surface area contributed by atoms with Gasteiger partial charge in [-0.05, 0) is 58.8 Å². The molecule has 1 aliphatic rings. The van der Waals surface area contributed by atoms with E-state index in [2.05, 4.69) is 24.2 Å². The Morgan fingerprint density at radius 3 is 2.82 bits per heavy atom. The minimum Gasteiger partial charge on any atom is -0.381 e. The molecular formula is C14H30N2O. The Morgan fingerprint density at radius 1 is 1.18 bits per heavy atom. The van der Waals surface area contributed by atoms with Crippen LogP contribution < -0.4 is 5.32 Å². The molecule has 0 amide bonds. The summed E-state index contributed by atoms with van der Waals surface area (Å²) in [7, 11) is 2.23. The van der Waals surface area contributed by atoms with E-state index in [9.17, 15) is 0 Å². The quantitative estimate of drug-likeness (QED) is 0.661. The molecule has 0 aliphatic carbocycles. The first-order valence-electron chi connectivity index (χ1n) is 7.32. The Hall–Kier alpha value is -0.120. The molecule has 3 nitrogen and oxygen atoms in total. The Labute approximate surface area is 107 Å². The van der Waals surface area contributed by atoms with Gasteiger partial charge in [0.1, 0.15) is 0 Å². The van der Waals surface area contributed by atoms with Crippen LogP contribution in [0.3, 0.4) is 0 Å². The van der Waals surface area contributed by atoms with Gasteiger partial charge in [-0.25, -0.2) is 0 Å². The fraction of sp³-hybridized carbons (Fsp3) is 1.00. The van der Waals surface area contributed by atoms with Crippen molar-refractivity contribution in [2.75, 3.05) is 39.9 Å². The summed E-state index contributed by atoms with van der Waals surface area (Å²) in [5, 5.41) is 3.67. The van der Waals surface area contributed by atoms with E-state index in [1.807, 2.05) is 0 Å². The molecule has 1 saturated heterocycles. The molecule has 0 radical (unpaired) electrons. The highest BCUT2D eigenvalue weighted by atomic mass is 16.5. The average Bonchev–Trinajstić information content (AvgIpc) is 2.53. The average molecular weight is 242 g/mol. The van der Waals surface area contributed by atoms with Gasteiger partial charge in [0.15, 0.2) is 0 Å². The standard InChI is InChI=1S/C14H30N2O/c1-3-4-12-17-13-6-9-15-14-7-5-10-16(2)11-8-14/h14-15H,3-13H2,1-2H3. The van der Waals surface area contributed by atoms with Gasteiger partial charge in [0, 0.05) is 19.3 Å². The maximum Gasteiger partial charge on any atom is 0.0478 e. The van der Waals surface area contributed by atoms with Crippen molar-refractivity contribution in [3.05, 3.63) is 0 Å². The van der Waals surface area contributed by atoms with Crippen molar-refractivity contribution in [1.82, 2.24) is 10.2 Å². The minimum atomic E-state index is 0.732. The molecule has 0 aromatic heterocycles. The molecule has 3 heteroatoms. The monoisotopic (exact) mass is 242 g/mol. The summed E-state index contributed by atoms with van der Waals surface area (Å²) < 4.78 is 5.56. The van der Waals surface area contributed by atoms with Gasteiger partial charge in [0.2, 0.25) is 0 Å². The molecule has 1 atom stereocenters. The first-order valence-corrected chi connectivity index (χ1v) is 7.32. The molecule has 1 rings (SSSR count). The molecule has 0 bridgehead atoms. The molecule has 1 unspecified atom stereocenters. The zero-order valence-electron chi connectivity index (χ0n) is 11.7. The summed E-state index contributed by atoms with van der Waals surface area (Å²) >= 11 is 0. The number of ether oxygens (including phenoxy) is 1. The molecule has 1 fully saturated rings. The van der Waals surface area contributed by atoms with Crippen LogP contribution in [0.5, 0.6) is 0 Å². The van der Waals surface area contributed by atoms with E-state index < -0.39 is 0 Å². The molecule has 0 aromatic rings. The number of nitrogens with zero attached hydrogens (tertiary/aromatic N) is 1. The molecule has 0 aromatic carbocycles. The number of unbranched alkanes of at least 4 members (excludes halogenated alkanes) is 1. The maximum atomic E-state index is 5.56. The van der Waals surface area contributed by atoms with E-state index in [4.69, 9.17) is 4.74 Å². The van der Waals surface area contributed by atoms with Crippen LogP contribution in [0.15, 0.2) is 0 Å². The van der Waals surface area contributed by atoms with Gasteiger partial charge in [-0.3, -0.25) is 0 Å². The predicted octanol–water partition coefficient (Wildman–Crippen LogP) is 2.27. The molecular weight excluding hydrogens is 212 g/mol. The maximum absolute atomic E-state index is 5.56. The number of nitrogens with one attached hydrogen (secondary N) is 1. The van der Waals surface area contributed by atoms with Gasteiger partial charge in [0.05, 0.1) is 0 Å². The summed E-state index contributed by atoms with van der Waals surface area (Å²) in [6.07, 6.45) is 7.54. The zero-order valence-corrected chi connectivity index (χ0v) is 11.7. The number of hydrogen-bond acceptors (Lipinski definition) is 3. The first-order chi connectivity index (χ1) is 8.33. The van der Waals surface area contributed by atoms with Crippen LogP contribution in [0, 0.1) is 0 Å². The van der Waals surface area contributed by atoms with E-state index >= 15 is 0 Å². The van der Waals surface area contributed by atoms with Crippen molar-refractivity contribution in [2.24, 2.45) is 0 Å².